The molecule has 0 unspecified atom stereocenters. The molecule has 2 aliphatic heterocycles. The molecular weight excluding hydrogens is 510 g/mol. The second kappa shape index (κ2) is 11.7. The van der Waals surface area contributed by atoms with E-state index in [2.05, 4.69) is 57.1 Å². The maximum atomic E-state index is 13.3. The largest absolute Gasteiger partial charge is 0.381 e. The number of nitrogens with zero attached hydrogens (tertiary/aromatic N) is 2. The molecule has 0 spiro atoms. The molecule has 1 fully saturated rings. The molecule has 2 aliphatic rings. The number of ketones is 1. The number of rotatable bonds is 8. The standard InChI is InChI=1S/C34H33N5O2/c1-38-16-18-39(19-17-38)29-13-11-27(12-14-29)36-23-31-30-15-10-26(21-32(30)37-34(31)41)33(40)25-8-5-9-28(20-25)35-22-24-6-3-2-4-7-24/h2-15,20-21,23,35-36H,16-19,22H2,1H3,(H,37,41). The Morgan fingerprint density at radius 1 is 0.829 bits per heavy atom. The minimum atomic E-state index is -0.196. The van der Waals surface area contributed by atoms with Crippen LogP contribution in [-0.2, 0) is 11.3 Å². The maximum absolute atomic E-state index is 13.3. The number of piperazine rings is 1. The van der Waals surface area contributed by atoms with Crippen molar-refractivity contribution in [3.8, 4) is 0 Å². The average molecular weight is 544 g/mol. The van der Waals surface area contributed by atoms with Gasteiger partial charge in [-0.1, -0.05) is 54.6 Å². The fourth-order valence-corrected chi connectivity index (χ4v) is 5.20. The molecule has 1 amide bonds. The van der Waals surface area contributed by atoms with E-state index in [0.717, 1.165) is 43.1 Å². The monoisotopic (exact) mass is 543 g/mol. The van der Waals surface area contributed by atoms with Crippen LogP contribution in [0.1, 0.15) is 27.0 Å². The highest BCUT2D eigenvalue weighted by Gasteiger charge is 2.25. The van der Waals surface area contributed by atoms with E-state index in [1.54, 1.807) is 18.3 Å². The summed E-state index contributed by atoms with van der Waals surface area (Å²) in [6, 6.07) is 31.3. The van der Waals surface area contributed by atoms with E-state index in [4.69, 9.17) is 0 Å². The van der Waals surface area contributed by atoms with Gasteiger partial charge in [0.05, 0.1) is 5.57 Å². The number of amides is 1. The van der Waals surface area contributed by atoms with E-state index in [0.29, 0.717) is 28.9 Å². The number of carbonyl (C=O) groups is 2. The van der Waals surface area contributed by atoms with Crippen molar-refractivity contribution in [3.05, 3.63) is 126 Å². The van der Waals surface area contributed by atoms with Crippen LogP contribution in [0.5, 0.6) is 0 Å². The van der Waals surface area contributed by atoms with Crippen molar-refractivity contribution in [3.63, 3.8) is 0 Å². The third kappa shape index (κ3) is 6.00. The van der Waals surface area contributed by atoms with Gasteiger partial charge in [0.15, 0.2) is 5.78 Å². The number of hydrogen-bond donors (Lipinski definition) is 3. The van der Waals surface area contributed by atoms with Crippen molar-refractivity contribution >= 4 is 40.0 Å². The van der Waals surface area contributed by atoms with Gasteiger partial charge in [0.25, 0.3) is 5.91 Å². The minimum absolute atomic E-state index is 0.0959. The van der Waals surface area contributed by atoms with E-state index >= 15 is 0 Å². The second-order valence-corrected chi connectivity index (χ2v) is 10.5. The van der Waals surface area contributed by atoms with E-state index < -0.39 is 0 Å². The summed E-state index contributed by atoms with van der Waals surface area (Å²) < 4.78 is 0. The second-order valence-electron chi connectivity index (χ2n) is 10.5. The number of anilines is 4. The fraction of sp³-hybridized carbons (Fsp3) is 0.176. The van der Waals surface area contributed by atoms with Crippen molar-refractivity contribution in [1.82, 2.24) is 4.90 Å². The molecule has 1 saturated heterocycles. The van der Waals surface area contributed by atoms with Crippen LogP contribution in [-0.4, -0.2) is 49.8 Å². The SMILES string of the molecule is CN1CCN(c2ccc(NC=C3C(=O)Nc4cc(C(=O)c5cccc(NCc6ccccc6)c5)ccc43)cc2)CC1. The normalized spacial score (nSPS) is 15.9. The predicted molar refractivity (Wildman–Crippen MR) is 166 cm³/mol. The molecule has 7 nitrogen and oxygen atoms in total. The van der Waals surface area contributed by atoms with Gasteiger partial charge in [0.2, 0.25) is 0 Å². The first kappa shape index (κ1) is 26.3. The topological polar surface area (TPSA) is 76.7 Å². The van der Waals surface area contributed by atoms with Crippen LogP contribution in [0.25, 0.3) is 5.57 Å². The number of likely N-dealkylation sites (N-methyl/N-ethyl adjacent to an activating group) is 1. The summed E-state index contributed by atoms with van der Waals surface area (Å²) in [5.41, 5.74) is 7.21. The molecule has 4 aromatic carbocycles. The molecule has 206 valence electrons. The van der Waals surface area contributed by atoms with Gasteiger partial charge >= 0.3 is 0 Å². The molecule has 0 aliphatic carbocycles. The Morgan fingerprint density at radius 3 is 2.37 bits per heavy atom. The lowest BCUT2D eigenvalue weighted by Crippen LogP contribution is -2.44. The summed E-state index contributed by atoms with van der Waals surface area (Å²) >= 11 is 0. The maximum Gasteiger partial charge on any atom is 0.257 e. The Kier molecular flexibility index (Phi) is 7.52. The third-order valence-corrected chi connectivity index (χ3v) is 7.65. The first-order valence-electron chi connectivity index (χ1n) is 13.9. The summed E-state index contributed by atoms with van der Waals surface area (Å²) in [4.78, 5) is 30.9. The number of fused-ring (bicyclic) bond motifs is 1. The van der Waals surface area contributed by atoms with Crippen LogP contribution < -0.4 is 20.9 Å². The number of nitrogens with one attached hydrogen (secondary N) is 3. The van der Waals surface area contributed by atoms with Gasteiger partial charge in [0.1, 0.15) is 0 Å². The van der Waals surface area contributed by atoms with Crippen LogP contribution in [0.3, 0.4) is 0 Å². The molecule has 0 atom stereocenters. The summed E-state index contributed by atoms with van der Waals surface area (Å²) in [6.45, 7) is 4.84. The molecule has 3 N–H and O–H groups in total. The molecule has 0 bridgehead atoms. The van der Waals surface area contributed by atoms with Crippen molar-refractivity contribution in [2.45, 2.75) is 6.54 Å². The van der Waals surface area contributed by atoms with E-state index in [-0.39, 0.29) is 11.7 Å². The Hall–Kier alpha value is -4.88. The lowest BCUT2D eigenvalue weighted by Gasteiger charge is -2.34. The summed E-state index contributed by atoms with van der Waals surface area (Å²) in [5, 5.41) is 9.56. The molecule has 4 aromatic rings. The van der Waals surface area contributed by atoms with Gasteiger partial charge in [-0.05, 0) is 55.1 Å². The quantitative estimate of drug-likeness (QED) is 0.196. The first-order chi connectivity index (χ1) is 20.0. The Balaban J connectivity index is 1.13. The number of carbonyl (C=O) groups excluding carboxylic acids is 2. The molecule has 0 aromatic heterocycles. The molecule has 0 radical (unpaired) electrons. The molecule has 0 saturated carbocycles. The number of hydrogen-bond acceptors (Lipinski definition) is 6. The van der Waals surface area contributed by atoms with E-state index in [1.165, 1.54) is 11.3 Å². The molecule has 2 heterocycles. The van der Waals surface area contributed by atoms with Crippen LogP contribution in [0.2, 0.25) is 0 Å². The van der Waals surface area contributed by atoms with Crippen molar-refractivity contribution < 1.29 is 9.59 Å². The molecule has 41 heavy (non-hydrogen) atoms. The number of benzene rings is 4. The van der Waals surface area contributed by atoms with Gasteiger partial charge in [-0.25, -0.2) is 0 Å². The highest BCUT2D eigenvalue weighted by Crippen LogP contribution is 2.33. The van der Waals surface area contributed by atoms with E-state index in [1.807, 2.05) is 60.7 Å². The zero-order chi connectivity index (χ0) is 28.2. The highest BCUT2D eigenvalue weighted by atomic mass is 16.2. The van der Waals surface area contributed by atoms with Crippen LogP contribution in [0.4, 0.5) is 22.7 Å². The van der Waals surface area contributed by atoms with Crippen molar-refractivity contribution in [2.75, 3.05) is 54.1 Å². The summed E-state index contributed by atoms with van der Waals surface area (Å²) in [5.74, 6) is -0.292. The van der Waals surface area contributed by atoms with E-state index in [9.17, 15) is 9.59 Å². The zero-order valence-electron chi connectivity index (χ0n) is 23.1. The van der Waals surface area contributed by atoms with Crippen molar-refractivity contribution in [2.24, 2.45) is 0 Å². The summed E-state index contributed by atoms with van der Waals surface area (Å²) in [6.07, 6.45) is 1.73. The third-order valence-electron chi connectivity index (χ3n) is 7.65. The molecular formula is C34H33N5O2. The van der Waals surface area contributed by atoms with Gasteiger partial charge in [-0.3, -0.25) is 9.59 Å². The smallest absolute Gasteiger partial charge is 0.257 e. The molecule has 7 heteroatoms. The van der Waals surface area contributed by atoms with Gasteiger partial charge in [-0.15, -0.1) is 0 Å². The minimum Gasteiger partial charge on any atom is -0.381 e. The highest BCUT2D eigenvalue weighted by molar-refractivity contribution is 6.32. The average Bonchev–Trinajstić information content (AvgIpc) is 3.33. The zero-order valence-corrected chi connectivity index (χ0v) is 23.1. The Labute approximate surface area is 240 Å². The lowest BCUT2D eigenvalue weighted by molar-refractivity contribution is -0.110. The van der Waals surface area contributed by atoms with Crippen LogP contribution in [0, 0.1) is 0 Å². The molecule has 6 rings (SSSR count). The van der Waals surface area contributed by atoms with Gasteiger partial charge < -0.3 is 25.8 Å². The van der Waals surface area contributed by atoms with Crippen molar-refractivity contribution in [1.29, 1.82) is 0 Å². The predicted octanol–water partition coefficient (Wildman–Crippen LogP) is 5.69. The Morgan fingerprint density at radius 2 is 1.59 bits per heavy atom. The van der Waals surface area contributed by atoms with Crippen LogP contribution in [0.15, 0.2) is 103 Å². The lowest BCUT2D eigenvalue weighted by atomic mass is 9.99. The van der Waals surface area contributed by atoms with Gasteiger partial charge in [-0.2, -0.15) is 0 Å². The Bertz CT molecular complexity index is 1590. The fourth-order valence-electron chi connectivity index (χ4n) is 5.20. The first-order valence-corrected chi connectivity index (χ1v) is 13.9. The summed E-state index contributed by atoms with van der Waals surface area (Å²) in [7, 11) is 2.15. The van der Waals surface area contributed by atoms with Crippen LogP contribution >= 0.6 is 0 Å². The van der Waals surface area contributed by atoms with Gasteiger partial charge in [0, 0.05) is 78.4 Å².